The summed E-state index contributed by atoms with van der Waals surface area (Å²) in [7, 11) is 0. The van der Waals surface area contributed by atoms with E-state index in [-0.39, 0.29) is 17.6 Å². The van der Waals surface area contributed by atoms with Crippen molar-refractivity contribution in [3.8, 4) is 11.8 Å². The quantitative estimate of drug-likeness (QED) is 0.578. The Morgan fingerprint density at radius 1 is 1.17 bits per heavy atom. The normalized spacial score (nSPS) is 16.4. The summed E-state index contributed by atoms with van der Waals surface area (Å²) in [5.41, 5.74) is 2.72. The topological polar surface area (TPSA) is 88.9 Å². The number of nitrogens with zero attached hydrogens (tertiary/aromatic N) is 5. The molecule has 146 valence electrons. The SMILES string of the molecule is Cc1ccc(N2CC[C@@H](n3cc(Oc4nc5cnccc5c(=O)[nH]4)cn3)C2)cc1. The molecule has 29 heavy (non-hydrogen) atoms. The zero-order chi connectivity index (χ0) is 19.8. The van der Waals surface area contributed by atoms with Crippen molar-refractivity contribution in [2.24, 2.45) is 0 Å². The minimum absolute atomic E-state index is 0.128. The van der Waals surface area contributed by atoms with Crippen molar-refractivity contribution in [3.63, 3.8) is 0 Å². The number of hydrogen-bond donors (Lipinski definition) is 1. The van der Waals surface area contributed by atoms with Crippen molar-refractivity contribution < 1.29 is 4.74 Å². The zero-order valence-electron chi connectivity index (χ0n) is 15.9. The van der Waals surface area contributed by atoms with Crippen LogP contribution < -0.4 is 15.2 Å². The summed E-state index contributed by atoms with van der Waals surface area (Å²) in [5.74, 6) is 0.533. The molecule has 3 aromatic heterocycles. The van der Waals surface area contributed by atoms with Gasteiger partial charge in [0.15, 0.2) is 5.75 Å². The Hall–Kier alpha value is -3.68. The molecule has 0 amide bonds. The predicted molar refractivity (Wildman–Crippen MR) is 110 cm³/mol. The van der Waals surface area contributed by atoms with Gasteiger partial charge in [0.25, 0.3) is 5.56 Å². The molecule has 1 aromatic carbocycles. The Labute approximate surface area is 166 Å². The second kappa shape index (κ2) is 7.05. The number of rotatable bonds is 4. The average molecular weight is 388 g/mol. The van der Waals surface area contributed by atoms with Crippen LogP contribution in [0.15, 0.2) is 59.9 Å². The first kappa shape index (κ1) is 17.4. The van der Waals surface area contributed by atoms with E-state index in [9.17, 15) is 4.79 Å². The van der Waals surface area contributed by atoms with Crippen LogP contribution >= 0.6 is 0 Å². The third-order valence-electron chi connectivity index (χ3n) is 5.22. The van der Waals surface area contributed by atoms with E-state index in [1.165, 1.54) is 11.3 Å². The van der Waals surface area contributed by atoms with Gasteiger partial charge in [-0.15, -0.1) is 0 Å². The number of fused-ring (bicyclic) bond motifs is 1. The van der Waals surface area contributed by atoms with Gasteiger partial charge in [0.2, 0.25) is 0 Å². The lowest BCUT2D eigenvalue weighted by atomic mass is 10.2. The van der Waals surface area contributed by atoms with Gasteiger partial charge in [-0.25, -0.2) is 0 Å². The summed E-state index contributed by atoms with van der Waals surface area (Å²) in [5, 5.41) is 4.93. The van der Waals surface area contributed by atoms with Gasteiger partial charge in [0.1, 0.15) is 0 Å². The van der Waals surface area contributed by atoms with Crippen LogP contribution in [0.5, 0.6) is 11.8 Å². The Morgan fingerprint density at radius 2 is 2.03 bits per heavy atom. The molecule has 1 aliphatic heterocycles. The fraction of sp³-hybridized carbons (Fsp3) is 0.238. The molecule has 1 fully saturated rings. The third kappa shape index (κ3) is 3.44. The number of pyridine rings is 1. The van der Waals surface area contributed by atoms with Crippen molar-refractivity contribution in [2.75, 3.05) is 18.0 Å². The molecular weight excluding hydrogens is 368 g/mol. The summed E-state index contributed by atoms with van der Waals surface area (Å²) < 4.78 is 7.66. The van der Waals surface area contributed by atoms with Crippen LogP contribution in [-0.4, -0.2) is 37.8 Å². The number of hydrogen-bond acceptors (Lipinski definition) is 6. The first-order valence-corrected chi connectivity index (χ1v) is 9.53. The molecule has 0 unspecified atom stereocenters. The number of H-pyrrole nitrogens is 1. The Balaban J connectivity index is 1.31. The molecule has 4 heterocycles. The molecule has 0 spiro atoms. The van der Waals surface area contributed by atoms with E-state index in [0.29, 0.717) is 16.7 Å². The van der Waals surface area contributed by atoms with Gasteiger partial charge >= 0.3 is 6.01 Å². The van der Waals surface area contributed by atoms with Crippen LogP contribution in [0.4, 0.5) is 5.69 Å². The largest absolute Gasteiger partial charge is 0.422 e. The first-order valence-electron chi connectivity index (χ1n) is 9.53. The standard InChI is InChI=1S/C21H20N6O2/c1-14-2-4-15(5-3-14)26-9-7-16(12-26)27-13-17(10-23-27)29-21-24-19-11-22-8-6-18(19)20(28)25-21/h2-6,8,10-11,13,16H,7,9,12H2,1H3,(H,24,25,28)/t16-/m1/s1. The van der Waals surface area contributed by atoms with Crippen molar-refractivity contribution in [1.29, 1.82) is 0 Å². The van der Waals surface area contributed by atoms with Crippen molar-refractivity contribution in [2.45, 2.75) is 19.4 Å². The second-order valence-electron chi connectivity index (χ2n) is 7.25. The minimum Gasteiger partial charge on any atom is -0.422 e. The molecule has 1 saturated heterocycles. The highest BCUT2D eigenvalue weighted by Crippen LogP contribution is 2.28. The van der Waals surface area contributed by atoms with Gasteiger partial charge in [0, 0.05) is 25.0 Å². The third-order valence-corrected chi connectivity index (χ3v) is 5.22. The summed E-state index contributed by atoms with van der Waals surface area (Å²) >= 11 is 0. The number of aryl methyl sites for hydroxylation is 1. The fourth-order valence-corrected chi connectivity index (χ4v) is 3.65. The van der Waals surface area contributed by atoms with E-state index in [0.717, 1.165) is 19.5 Å². The lowest BCUT2D eigenvalue weighted by Crippen LogP contribution is -2.20. The Bertz CT molecular complexity index is 1210. The van der Waals surface area contributed by atoms with Crippen molar-refractivity contribution in [3.05, 3.63) is 71.0 Å². The van der Waals surface area contributed by atoms with E-state index >= 15 is 0 Å². The maximum atomic E-state index is 12.2. The fourth-order valence-electron chi connectivity index (χ4n) is 3.65. The molecule has 8 heteroatoms. The van der Waals surface area contributed by atoms with Gasteiger partial charge in [-0.3, -0.25) is 19.4 Å². The summed E-state index contributed by atoms with van der Waals surface area (Å²) in [6.45, 7) is 3.97. The zero-order valence-corrected chi connectivity index (χ0v) is 15.9. The number of aromatic amines is 1. The molecule has 0 radical (unpaired) electrons. The lowest BCUT2D eigenvalue weighted by Gasteiger charge is -2.18. The van der Waals surface area contributed by atoms with Gasteiger partial charge in [-0.05, 0) is 31.5 Å². The molecule has 8 nitrogen and oxygen atoms in total. The van der Waals surface area contributed by atoms with Crippen LogP contribution in [0.2, 0.25) is 0 Å². The van der Waals surface area contributed by atoms with E-state index in [4.69, 9.17) is 4.74 Å². The summed E-state index contributed by atoms with van der Waals surface area (Å²) in [4.78, 5) is 25.5. The molecular formula is C21H20N6O2. The number of ether oxygens (including phenoxy) is 1. The molecule has 5 rings (SSSR count). The highest BCUT2D eigenvalue weighted by atomic mass is 16.5. The highest BCUT2D eigenvalue weighted by Gasteiger charge is 2.25. The number of anilines is 1. The number of nitrogens with one attached hydrogen (secondary N) is 1. The Kier molecular flexibility index (Phi) is 4.23. The lowest BCUT2D eigenvalue weighted by molar-refractivity contribution is 0.438. The van der Waals surface area contributed by atoms with Crippen LogP contribution in [0.1, 0.15) is 18.0 Å². The maximum absolute atomic E-state index is 12.2. The summed E-state index contributed by atoms with van der Waals surface area (Å²) in [6, 6.07) is 10.6. The minimum atomic E-state index is -0.260. The average Bonchev–Trinajstić information content (AvgIpc) is 3.38. The monoisotopic (exact) mass is 388 g/mol. The molecule has 1 atom stereocenters. The van der Waals surface area contributed by atoms with E-state index in [1.807, 2.05) is 10.9 Å². The number of benzene rings is 1. The smallest absolute Gasteiger partial charge is 0.302 e. The van der Waals surface area contributed by atoms with Crippen molar-refractivity contribution in [1.82, 2.24) is 24.7 Å². The number of aromatic nitrogens is 5. The van der Waals surface area contributed by atoms with E-state index in [1.54, 1.807) is 24.7 Å². The Morgan fingerprint density at radius 3 is 2.90 bits per heavy atom. The van der Waals surface area contributed by atoms with Crippen LogP contribution in [0.3, 0.4) is 0 Å². The molecule has 4 aromatic rings. The van der Waals surface area contributed by atoms with Gasteiger partial charge in [-0.1, -0.05) is 17.7 Å². The molecule has 0 aliphatic carbocycles. The van der Waals surface area contributed by atoms with Crippen LogP contribution in [0, 0.1) is 6.92 Å². The molecule has 0 saturated carbocycles. The second-order valence-corrected chi connectivity index (χ2v) is 7.25. The van der Waals surface area contributed by atoms with Gasteiger partial charge in [0.05, 0.1) is 35.5 Å². The molecule has 0 bridgehead atoms. The van der Waals surface area contributed by atoms with E-state index in [2.05, 4.69) is 56.1 Å². The summed E-state index contributed by atoms with van der Waals surface area (Å²) in [6.07, 6.45) is 7.59. The molecule has 1 aliphatic rings. The predicted octanol–water partition coefficient (Wildman–Crippen LogP) is 3.07. The first-order chi connectivity index (χ1) is 14.2. The van der Waals surface area contributed by atoms with E-state index < -0.39 is 0 Å². The molecule has 1 N–H and O–H groups in total. The maximum Gasteiger partial charge on any atom is 0.302 e. The van der Waals surface area contributed by atoms with Crippen LogP contribution in [0.25, 0.3) is 10.9 Å². The van der Waals surface area contributed by atoms with Crippen molar-refractivity contribution >= 4 is 16.6 Å². The van der Waals surface area contributed by atoms with Gasteiger partial charge < -0.3 is 9.64 Å². The van der Waals surface area contributed by atoms with Gasteiger partial charge in [-0.2, -0.15) is 10.1 Å². The highest BCUT2D eigenvalue weighted by molar-refractivity contribution is 5.76. The van der Waals surface area contributed by atoms with Crippen LogP contribution in [-0.2, 0) is 0 Å².